The van der Waals surface area contributed by atoms with E-state index in [0.717, 1.165) is 5.69 Å². The molecule has 142 valence electrons. The van der Waals surface area contributed by atoms with Crippen LogP contribution < -0.4 is 5.43 Å². The molecule has 5 nitrogen and oxygen atoms in total. The van der Waals surface area contributed by atoms with Gasteiger partial charge in [-0.05, 0) is 48.5 Å². The van der Waals surface area contributed by atoms with Gasteiger partial charge >= 0.3 is 0 Å². The monoisotopic (exact) mass is 431 g/mol. The quantitative estimate of drug-likeness (QED) is 0.650. The molecule has 2 aromatic carbocycles. The third kappa shape index (κ3) is 3.63. The molecule has 1 aliphatic rings. The maximum absolute atomic E-state index is 12.7. The first-order valence-electron chi connectivity index (χ1n) is 8.46. The van der Waals surface area contributed by atoms with Gasteiger partial charge in [0.1, 0.15) is 5.37 Å². The van der Waals surface area contributed by atoms with Crippen molar-refractivity contribution in [1.82, 2.24) is 15.0 Å². The standard InChI is InChI=1S/C20H15Cl2N3O2S/c21-15-4-3-5-16(22)18(15)20-25(17(26)12-28-20)23-19(27)13-6-8-14(9-7-13)24-10-1-2-11-24/h1-11,20H,12H2,(H,23,27). The van der Waals surface area contributed by atoms with Crippen LogP contribution >= 0.6 is 35.0 Å². The van der Waals surface area contributed by atoms with Gasteiger partial charge < -0.3 is 4.57 Å². The number of hydrogen-bond donors (Lipinski definition) is 1. The number of hydrazine groups is 1. The lowest BCUT2D eigenvalue weighted by Crippen LogP contribution is -2.44. The highest BCUT2D eigenvalue weighted by Gasteiger charge is 2.36. The first kappa shape index (κ1) is 18.9. The first-order chi connectivity index (χ1) is 13.5. The van der Waals surface area contributed by atoms with Crippen molar-refractivity contribution in [1.29, 1.82) is 0 Å². The molecular formula is C20H15Cl2N3O2S. The van der Waals surface area contributed by atoms with Gasteiger partial charge in [-0.15, -0.1) is 11.8 Å². The number of hydrogen-bond acceptors (Lipinski definition) is 3. The van der Waals surface area contributed by atoms with Gasteiger partial charge in [0, 0.05) is 39.3 Å². The van der Waals surface area contributed by atoms with Crippen LogP contribution in [0.2, 0.25) is 10.0 Å². The maximum atomic E-state index is 12.7. The zero-order valence-electron chi connectivity index (χ0n) is 14.5. The van der Waals surface area contributed by atoms with Gasteiger partial charge in [0.05, 0.1) is 5.75 Å². The lowest BCUT2D eigenvalue weighted by Gasteiger charge is -2.26. The number of halogens is 2. The fourth-order valence-electron chi connectivity index (χ4n) is 2.97. The lowest BCUT2D eigenvalue weighted by atomic mass is 10.2. The van der Waals surface area contributed by atoms with Gasteiger partial charge in [0.15, 0.2) is 0 Å². The topological polar surface area (TPSA) is 54.3 Å². The molecule has 4 rings (SSSR count). The number of nitrogens with one attached hydrogen (secondary N) is 1. The molecular weight excluding hydrogens is 417 g/mol. The first-order valence-corrected chi connectivity index (χ1v) is 10.3. The van der Waals surface area contributed by atoms with Crippen molar-refractivity contribution in [2.75, 3.05) is 5.75 Å². The van der Waals surface area contributed by atoms with Crippen LogP contribution in [0.25, 0.3) is 5.69 Å². The predicted octanol–water partition coefficient (Wildman–Crippen LogP) is 4.70. The van der Waals surface area contributed by atoms with E-state index in [1.54, 1.807) is 30.3 Å². The normalized spacial score (nSPS) is 16.4. The van der Waals surface area contributed by atoms with Crippen molar-refractivity contribution < 1.29 is 9.59 Å². The van der Waals surface area contributed by atoms with Crippen molar-refractivity contribution >= 4 is 46.8 Å². The number of thioether (sulfide) groups is 1. The van der Waals surface area contributed by atoms with E-state index < -0.39 is 5.37 Å². The van der Waals surface area contributed by atoms with Crippen molar-refractivity contribution in [3.63, 3.8) is 0 Å². The second kappa shape index (κ2) is 7.91. The molecule has 2 amide bonds. The molecule has 1 unspecified atom stereocenters. The fourth-order valence-corrected chi connectivity index (χ4v) is 4.88. The Balaban J connectivity index is 1.55. The Kier molecular flexibility index (Phi) is 5.35. The maximum Gasteiger partial charge on any atom is 0.269 e. The van der Waals surface area contributed by atoms with E-state index >= 15 is 0 Å². The Morgan fingerprint density at radius 2 is 1.64 bits per heavy atom. The lowest BCUT2D eigenvalue weighted by molar-refractivity contribution is -0.130. The number of carbonyl (C=O) groups excluding carboxylic acids is 2. The molecule has 1 fully saturated rings. The van der Waals surface area contributed by atoms with Gasteiger partial charge in [-0.25, -0.2) is 5.01 Å². The van der Waals surface area contributed by atoms with Gasteiger partial charge in [0.25, 0.3) is 11.8 Å². The third-order valence-corrected chi connectivity index (χ3v) is 6.20. The van der Waals surface area contributed by atoms with Gasteiger partial charge in [-0.2, -0.15) is 0 Å². The van der Waals surface area contributed by atoms with Crippen LogP contribution in [0.5, 0.6) is 0 Å². The van der Waals surface area contributed by atoms with Gasteiger partial charge in [-0.1, -0.05) is 29.3 Å². The second-order valence-corrected chi connectivity index (χ2v) is 8.02. The molecule has 0 aliphatic carbocycles. The molecule has 1 aromatic heterocycles. The SMILES string of the molecule is O=C(NN1C(=O)CSC1c1c(Cl)cccc1Cl)c1ccc(-n2cccc2)cc1. The fraction of sp³-hybridized carbons (Fsp3) is 0.100. The summed E-state index contributed by atoms with van der Waals surface area (Å²) in [6.07, 6.45) is 3.85. The number of benzene rings is 2. The highest BCUT2D eigenvalue weighted by atomic mass is 35.5. The van der Waals surface area contributed by atoms with Gasteiger partial charge in [0.2, 0.25) is 0 Å². The molecule has 28 heavy (non-hydrogen) atoms. The van der Waals surface area contributed by atoms with Crippen LogP contribution in [0, 0.1) is 0 Å². The minimum atomic E-state index is -0.475. The van der Waals surface area contributed by atoms with Crippen LogP contribution in [0.4, 0.5) is 0 Å². The van der Waals surface area contributed by atoms with Gasteiger partial charge in [-0.3, -0.25) is 15.0 Å². The van der Waals surface area contributed by atoms with Crippen LogP contribution in [0.15, 0.2) is 67.0 Å². The van der Waals surface area contributed by atoms with Crippen molar-refractivity contribution in [2.45, 2.75) is 5.37 Å². The van der Waals surface area contributed by atoms with Crippen molar-refractivity contribution in [3.05, 3.63) is 88.2 Å². The summed E-state index contributed by atoms with van der Waals surface area (Å²) in [5.74, 6) is -0.342. The minimum Gasteiger partial charge on any atom is -0.324 e. The zero-order valence-corrected chi connectivity index (χ0v) is 16.8. The number of aromatic nitrogens is 1. The summed E-state index contributed by atoms with van der Waals surface area (Å²) in [5, 5.41) is 1.74. The molecule has 1 N–H and O–H groups in total. The summed E-state index contributed by atoms with van der Waals surface area (Å²) >= 11 is 14.0. The summed E-state index contributed by atoms with van der Waals surface area (Å²) in [7, 11) is 0. The molecule has 1 aliphatic heterocycles. The average molecular weight is 432 g/mol. The number of rotatable bonds is 4. The van der Waals surface area contributed by atoms with E-state index in [1.165, 1.54) is 16.8 Å². The number of nitrogens with zero attached hydrogens (tertiary/aromatic N) is 2. The van der Waals surface area contributed by atoms with E-state index in [2.05, 4.69) is 5.43 Å². The number of carbonyl (C=O) groups is 2. The predicted molar refractivity (Wildman–Crippen MR) is 112 cm³/mol. The molecule has 8 heteroatoms. The van der Waals surface area contributed by atoms with Crippen molar-refractivity contribution in [2.24, 2.45) is 0 Å². The smallest absolute Gasteiger partial charge is 0.269 e. The molecule has 1 saturated heterocycles. The highest BCUT2D eigenvalue weighted by Crippen LogP contribution is 2.43. The van der Waals surface area contributed by atoms with Crippen LogP contribution in [-0.2, 0) is 4.79 Å². The summed E-state index contributed by atoms with van der Waals surface area (Å²) in [5.41, 5.74) is 4.71. The Labute approximate surface area is 176 Å². The minimum absolute atomic E-state index is 0.205. The van der Waals surface area contributed by atoms with E-state index in [-0.39, 0.29) is 17.6 Å². The molecule has 0 radical (unpaired) electrons. The summed E-state index contributed by atoms with van der Waals surface area (Å²) in [4.78, 5) is 25.1. The summed E-state index contributed by atoms with van der Waals surface area (Å²) in [6, 6.07) is 16.2. The van der Waals surface area contributed by atoms with Crippen LogP contribution in [-0.4, -0.2) is 27.1 Å². The van der Waals surface area contributed by atoms with E-state index in [9.17, 15) is 9.59 Å². The average Bonchev–Trinajstić information content (AvgIpc) is 3.34. The van der Waals surface area contributed by atoms with Crippen LogP contribution in [0.3, 0.4) is 0 Å². The molecule has 0 spiro atoms. The highest BCUT2D eigenvalue weighted by molar-refractivity contribution is 8.00. The second-order valence-electron chi connectivity index (χ2n) is 6.14. The molecule has 3 aromatic rings. The summed E-state index contributed by atoms with van der Waals surface area (Å²) in [6.45, 7) is 0. The Morgan fingerprint density at radius 1 is 1.00 bits per heavy atom. The van der Waals surface area contributed by atoms with Crippen LogP contribution in [0.1, 0.15) is 21.3 Å². The number of amides is 2. The molecule has 2 heterocycles. The van der Waals surface area contributed by atoms with E-state index in [4.69, 9.17) is 23.2 Å². The van der Waals surface area contributed by atoms with E-state index in [1.807, 2.05) is 41.2 Å². The molecule has 0 bridgehead atoms. The zero-order chi connectivity index (χ0) is 19.7. The van der Waals surface area contributed by atoms with Crippen molar-refractivity contribution in [3.8, 4) is 5.69 Å². The largest absolute Gasteiger partial charge is 0.324 e. The Bertz CT molecular complexity index is 1000. The Morgan fingerprint density at radius 3 is 2.29 bits per heavy atom. The Hall–Kier alpha value is -2.41. The third-order valence-electron chi connectivity index (χ3n) is 4.37. The molecule has 0 saturated carbocycles. The summed E-state index contributed by atoms with van der Waals surface area (Å²) < 4.78 is 1.94. The van der Waals surface area contributed by atoms with E-state index in [0.29, 0.717) is 21.2 Å². The molecule has 1 atom stereocenters.